The number of anilines is 2. The fraction of sp³-hybridized carbons (Fsp3) is 0.294. The van der Waals surface area contributed by atoms with E-state index < -0.39 is 0 Å². The Bertz CT molecular complexity index is 568. The molecule has 2 heteroatoms. The summed E-state index contributed by atoms with van der Waals surface area (Å²) in [7, 11) is 2.11. The highest BCUT2D eigenvalue weighted by atomic mass is 15.1. The summed E-state index contributed by atoms with van der Waals surface area (Å²) in [5.41, 5.74) is 13.2. The standard InChI is InChI=1S/C17H22N2/c1-12-5-6-17(18)15(8-12)11-19(4)16-9-13(2)7-14(3)10-16/h5-10H,11,18H2,1-4H3. The molecular formula is C17H22N2. The van der Waals surface area contributed by atoms with Crippen LogP contribution < -0.4 is 10.6 Å². The van der Waals surface area contributed by atoms with Crippen molar-refractivity contribution >= 4 is 11.4 Å². The first kappa shape index (κ1) is 13.5. The molecule has 0 aromatic heterocycles. The molecule has 2 rings (SSSR count). The van der Waals surface area contributed by atoms with Crippen molar-refractivity contribution < 1.29 is 0 Å². The lowest BCUT2D eigenvalue weighted by atomic mass is 10.1. The molecule has 2 nitrogen and oxygen atoms in total. The Kier molecular flexibility index (Phi) is 3.79. The number of nitrogens with zero attached hydrogens (tertiary/aromatic N) is 1. The van der Waals surface area contributed by atoms with Crippen LogP contribution in [0.4, 0.5) is 11.4 Å². The largest absolute Gasteiger partial charge is 0.398 e. The number of nitrogen functional groups attached to an aromatic ring is 1. The van der Waals surface area contributed by atoms with E-state index in [1.165, 1.54) is 27.9 Å². The van der Waals surface area contributed by atoms with Crippen molar-refractivity contribution in [1.29, 1.82) is 0 Å². The van der Waals surface area contributed by atoms with Crippen LogP contribution in [0.2, 0.25) is 0 Å². The molecule has 2 N–H and O–H groups in total. The van der Waals surface area contributed by atoms with E-state index in [0.29, 0.717) is 0 Å². The van der Waals surface area contributed by atoms with E-state index in [9.17, 15) is 0 Å². The molecule has 0 heterocycles. The lowest BCUT2D eigenvalue weighted by molar-refractivity contribution is 0.921. The summed E-state index contributed by atoms with van der Waals surface area (Å²) in [6.45, 7) is 7.19. The maximum absolute atomic E-state index is 6.05. The van der Waals surface area contributed by atoms with Crippen molar-refractivity contribution in [2.24, 2.45) is 0 Å². The summed E-state index contributed by atoms with van der Waals surface area (Å²) in [5, 5.41) is 0. The van der Waals surface area contributed by atoms with Crippen LogP contribution in [0.25, 0.3) is 0 Å². The van der Waals surface area contributed by atoms with Crippen molar-refractivity contribution in [3.05, 3.63) is 58.7 Å². The topological polar surface area (TPSA) is 29.3 Å². The highest BCUT2D eigenvalue weighted by Gasteiger charge is 2.06. The first-order chi connectivity index (χ1) is 8.95. The Hall–Kier alpha value is -1.96. The third-order valence-electron chi connectivity index (χ3n) is 3.35. The lowest BCUT2D eigenvalue weighted by Crippen LogP contribution is -2.17. The van der Waals surface area contributed by atoms with E-state index in [2.05, 4.69) is 63.1 Å². The molecule has 0 amide bonds. The number of nitrogens with two attached hydrogens (primary N) is 1. The van der Waals surface area contributed by atoms with Crippen LogP contribution in [0.3, 0.4) is 0 Å². The number of benzene rings is 2. The van der Waals surface area contributed by atoms with Gasteiger partial charge in [0, 0.05) is 25.0 Å². The van der Waals surface area contributed by atoms with Gasteiger partial charge in [-0.15, -0.1) is 0 Å². The molecule has 0 fully saturated rings. The Balaban J connectivity index is 2.25. The Morgan fingerprint density at radius 3 is 2.16 bits per heavy atom. The van der Waals surface area contributed by atoms with E-state index >= 15 is 0 Å². The van der Waals surface area contributed by atoms with E-state index in [1.54, 1.807) is 0 Å². The van der Waals surface area contributed by atoms with Gasteiger partial charge in [-0.1, -0.05) is 23.8 Å². The van der Waals surface area contributed by atoms with Crippen LogP contribution in [-0.2, 0) is 6.54 Å². The molecule has 0 atom stereocenters. The molecule has 0 radical (unpaired) electrons. The van der Waals surface area contributed by atoms with Crippen LogP contribution in [-0.4, -0.2) is 7.05 Å². The molecule has 0 aliphatic carbocycles. The molecule has 0 aliphatic heterocycles. The summed E-state index contributed by atoms with van der Waals surface area (Å²) < 4.78 is 0. The van der Waals surface area contributed by atoms with Crippen molar-refractivity contribution in [2.45, 2.75) is 27.3 Å². The van der Waals surface area contributed by atoms with E-state index in [4.69, 9.17) is 5.73 Å². The minimum Gasteiger partial charge on any atom is -0.398 e. The maximum Gasteiger partial charge on any atom is 0.0446 e. The molecule has 2 aromatic rings. The maximum atomic E-state index is 6.05. The summed E-state index contributed by atoms with van der Waals surface area (Å²) in [5.74, 6) is 0. The fourth-order valence-electron chi connectivity index (χ4n) is 2.39. The number of rotatable bonds is 3. The smallest absolute Gasteiger partial charge is 0.0446 e. The molecule has 0 bridgehead atoms. The first-order valence-electron chi connectivity index (χ1n) is 6.60. The van der Waals surface area contributed by atoms with Gasteiger partial charge in [-0.2, -0.15) is 0 Å². The van der Waals surface area contributed by atoms with Crippen molar-refractivity contribution in [1.82, 2.24) is 0 Å². The number of hydrogen-bond donors (Lipinski definition) is 1. The van der Waals surface area contributed by atoms with E-state index in [-0.39, 0.29) is 0 Å². The van der Waals surface area contributed by atoms with Crippen molar-refractivity contribution in [2.75, 3.05) is 17.7 Å². The van der Waals surface area contributed by atoms with Gasteiger partial charge in [0.25, 0.3) is 0 Å². The Morgan fingerprint density at radius 2 is 1.53 bits per heavy atom. The Morgan fingerprint density at radius 1 is 0.895 bits per heavy atom. The minimum absolute atomic E-state index is 0.830. The van der Waals surface area contributed by atoms with Crippen LogP contribution in [0.5, 0.6) is 0 Å². The molecular weight excluding hydrogens is 232 g/mol. The van der Waals surface area contributed by atoms with E-state index in [0.717, 1.165) is 12.2 Å². The van der Waals surface area contributed by atoms with Crippen molar-refractivity contribution in [3.8, 4) is 0 Å². The van der Waals surface area contributed by atoms with Gasteiger partial charge in [0.1, 0.15) is 0 Å². The van der Waals surface area contributed by atoms with Gasteiger partial charge >= 0.3 is 0 Å². The summed E-state index contributed by atoms with van der Waals surface area (Å²) in [6, 6.07) is 12.8. The highest BCUT2D eigenvalue weighted by Crippen LogP contribution is 2.22. The molecule has 0 saturated heterocycles. The predicted molar refractivity (Wildman–Crippen MR) is 83.6 cm³/mol. The van der Waals surface area contributed by atoms with Crippen molar-refractivity contribution in [3.63, 3.8) is 0 Å². The Labute approximate surface area is 115 Å². The third-order valence-corrected chi connectivity index (χ3v) is 3.35. The van der Waals surface area contributed by atoms with Crippen LogP contribution >= 0.6 is 0 Å². The van der Waals surface area contributed by atoms with Gasteiger partial charge in [0.05, 0.1) is 0 Å². The third kappa shape index (κ3) is 3.28. The fourth-order valence-corrected chi connectivity index (χ4v) is 2.39. The van der Waals surface area contributed by atoms with Gasteiger partial charge in [0.2, 0.25) is 0 Å². The minimum atomic E-state index is 0.830. The second kappa shape index (κ2) is 5.35. The average Bonchev–Trinajstić information content (AvgIpc) is 2.32. The molecule has 0 aliphatic rings. The van der Waals surface area contributed by atoms with Crippen LogP contribution in [0.1, 0.15) is 22.3 Å². The van der Waals surface area contributed by atoms with E-state index in [1.807, 2.05) is 6.07 Å². The molecule has 2 aromatic carbocycles. The van der Waals surface area contributed by atoms with Crippen LogP contribution in [0.15, 0.2) is 36.4 Å². The number of hydrogen-bond acceptors (Lipinski definition) is 2. The summed E-state index contributed by atoms with van der Waals surface area (Å²) in [4.78, 5) is 2.24. The molecule has 19 heavy (non-hydrogen) atoms. The SMILES string of the molecule is Cc1cc(C)cc(N(C)Cc2cc(C)ccc2N)c1. The molecule has 0 spiro atoms. The average molecular weight is 254 g/mol. The first-order valence-corrected chi connectivity index (χ1v) is 6.60. The van der Waals surface area contributed by atoms with Gasteiger partial charge in [0.15, 0.2) is 0 Å². The van der Waals surface area contributed by atoms with Gasteiger partial charge in [-0.25, -0.2) is 0 Å². The van der Waals surface area contributed by atoms with Gasteiger partial charge in [-0.3, -0.25) is 0 Å². The monoisotopic (exact) mass is 254 g/mol. The molecule has 100 valence electrons. The zero-order valence-corrected chi connectivity index (χ0v) is 12.2. The molecule has 0 unspecified atom stereocenters. The van der Waals surface area contributed by atoms with Gasteiger partial charge < -0.3 is 10.6 Å². The number of aryl methyl sites for hydroxylation is 3. The zero-order chi connectivity index (χ0) is 14.0. The highest BCUT2D eigenvalue weighted by molar-refractivity contribution is 5.54. The summed E-state index contributed by atoms with van der Waals surface area (Å²) >= 11 is 0. The normalized spacial score (nSPS) is 10.5. The lowest BCUT2D eigenvalue weighted by Gasteiger charge is -2.21. The predicted octanol–water partition coefficient (Wildman–Crippen LogP) is 3.83. The molecule has 0 saturated carbocycles. The van der Waals surface area contributed by atoms with Crippen LogP contribution in [0, 0.1) is 20.8 Å². The quantitative estimate of drug-likeness (QED) is 0.843. The second-order valence-corrected chi connectivity index (χ2v) is 5.40. The second-order valence-electron chi connectivity index (χ2n) is 5.40. The summed E-state index contributed by atoms with van der Waals surface area (Å²) in [6.07, 6.45) is 0. The zero-order valence-electron chi connectivity index (χ0n) is 12.2. The van der Waals surface area contributed by atoms with Gasteiger partial charge in [-0.05, 0) is 55.7 Å².